The summed E-state index contributed by atoms with van der Waals surface area (Å²) >= 11 is 0. The first kappa shape index (κ1) is 13.2. The van der Waals surface area contributed by atoms with Gasteiger partial charge in [-0.15, -0.1) is 0 Å². The third-order valence-electron chi connectivity index (χ3n) is 2.03. The maximum Gasteiger partial charge on any atom is 0.212 e. The van der Waals surface area contributed by atoms with Crippen LogP contribution < -0.4 is 5.44 Å². The molecule has 0 aliphatic heterocycles. The number of rotatable bonds is 3. The summed E-state index contributed by atoms with van der Waals surface area (Å²) in [5.41, 5.74) is 2.58. The first-order chi connectivity index (χ1) is 7.38. The molecular weight excluding hydrogens is 397 g/mol. The van der Waals surface area contributed by atoms with Gasteiger partial charge in [0.05, 0.1) is 0 Å². The smallest absolute Gasteiger partial charge is 0.212 e. The molecule has 2 nitrogen and oxygen atoms in total. The van der Waals surface area contributed by atoms with E-state index < -0.39 is 0 Å². The molecule has 0 saturated heterocycles. The number of nitrogens with zero attached hydrogens (tertiary/aromatic N) is 1. The minimum absolute atomic E-state index is 0. The molecule has 4 heteroatoms. The summed E-state index contributed by atoms with van der Waals surface area (Å²) < 4.78 is 10.6. The molecule has 16 heavy (non-hydrogen) atoms. The first-order valence-electron chi connectivity index (χ1n) is 4.63. The molecule has 0 N–H and O–H groups in total. The third kappa shape index (κ3) is 3.61. The van der Waals surface area contributed by atoms with E-state index in [1.165, 1.54) is 0 Å². The minimum atomic E-state index is -0.0310. The van der Waals surface area contributed by atoms with Gasteiger partial charge in [0, 0.05) is 25.8 Å². The van der Waals surface area contributed by atoms with Gasteiger partial charge in [0.1, 0.15) is 5.44 Å². The van der Waals surface area contributed by atoms with Crippen molar-refractivity contribution in [2.24, 2.45) is 0 Å². The van der Waals surface area contributed by atoms with Crippen LogP contribution in [0, 0.1) is 6.07 Å². The fourth-order valence-corrected chi connectivity index (χ4v) is 1.67. The number of benzene rings is 1. The van der Waals surface area contributed by atoms with E-state index in [9.17, 15) is 4.57 Å². The summed E-state index contributed by atoms with van der Waals surface area (Å²) in [6.45, 7) is 0. The van der Waals surface area contributed by atoms with E-state index in [-0.39, 0.29) is 28.6 Å². The van der Waals surface area contributed by atoms with Crippen molar-refractivity contribution in [3.8, 4) is 0 Å². The Morgan fingerprint density at radius 1 is 1.19 bits per heavy atom. The average molecular weight is 406 g/mol. The van der Waals surface area contributed by atoms with E-state index >= 15 is 0 Å². The van der Waals surface area contributed by atoms with Gasteiger partial charge in [-0.3, -0.25) is 4.57 Å². The van der Waals surface area contributed by atoms with Crippen molar-refractivity contribution in [2.75, 3.05) is 0 Å². The second-order valence-corrected chi connectivity index (χ2v) is 3.78. The topological polar surface area (TPSA) is 30.0 Å². The number of aromatic nitrogens is 1. The van der Waals surface area contributed by atoms with Crippen LogP contribution >= 0.6 is 8.46 Å². The van der Waals surface area contributed by atoms with E-state index in [0.717, 1.165) is 17.7 Å². The summed E-state index contributed by atoms with van der Waals surface area (Å²) in [5.74, 6) is 0. The van der Waals surface area contributed by atoms with E-state index in [0.29, 0.717) is 5.44 Å². The van der Waals surface area contributed by atoms with E-state index in [4.69, 9.17) is 0 Å². The van der Waals surface area contributed by atoms with E-state index in [1.807, 2.05) is 36.4 Å². The molecule has 0 aliphatic carbocycles. The second kappa shape index (κ2) is 6.65. The van der Waals surface area contributed by atoms with Crippen molar-refractivity contribution >= 4 is 13.9 Å². The summed E-state index contributed by atoms with van der Waals surface area (Å²) in [5, 5.41) is 0. The molecule has 1 aromatic carbocycles. The molecule has 2 rings (SSSR count). The quantitative estimate of drug-likeness (QED) is 0.579. The molecule has 0 unspecified atom stereocenters. The zero-order chi connectivity index (χ0) is 10.5. The molecular formula is C12H9IrNOP-. The zero-order valence-corrected chi connectivity index (χ0v) is 11.7. The molecule has 2 aromatic rings. The molecule has 1 aromatic heterocycles. The largest absolute Gasteiger partial charge is 0.268 e. The number of hydrogen-bond donors (Lipinski definition) is 0. The van der Waals surface area contributed by atoms with Crippen molar-refractivity contribution in [3.63, 3.8) is 0 Å². The fraction of sp³-hybridized carbons (Fsp3) is 0.0833. The maximum atomic E-state index is 10.6. The molecule has 1 heterocycles. The zero-order valence-electron chi connectivity index (χ0n) is 8.38. The van der Waals surface area contributed by atoms with Crippen LogP contribution in [0.4, 0.5) is 0 Å². The van der Waals surface area contributed by atoms with Crippen LogP contribution in [0.1, 0.15) is 11.3 Å². The second-order valence-electron chi connectivity index (χ2n) is 3.14. The van der Waals surface area contributed by atoms with Gasteiger partial charge in [0.15, 0.2) is 0 Å². The van der Waals surface area contributed by atoms with Gasteiger partial charge in [-0.25, -0.2) is 4.98 Å². The van der Waals surface area contributed by atoms with Crippen LogP contribution in [0.25, 0.3) is 0 Å². The molecule has 0 atom stereocenters. The first-order valence-corrected chi connectivity index (χ1v) is 5.44. The molecule has 0 amide bonds. The molecule has 0 saturated carbocycles. The maximum absolute atomic E-state index is 10.6. The van der Waals surface area contributed by atoms with Crippen LogP contribution in [-0.4, -0.2) is 4.98 Å². The van der Waals surface area contributed by atoms with Gasteiger partial charge in [-0.05, 0) is 18.6 Å². The summed E-state index contributed by atoms with van der Waals surface area (Å²) in [7, 11) is -0.0310. The third-order valence-corrected chi connectivity index (χ3v) is 2.47. The van der Waals surface area contributed by atoms with Crippen molar-refractivity contribution in [3.05, 3.63) is 59.8 Å². The van der Waals surface area contributed by atoms with Crippen LogP contribution in [0.3, 0.4) is 0 Å². The molecule has 0 spiro atoms. The van der Waals surface area contributed by atoms with Gasteiger partial charge in [-0.2, -0.15) is 35.9 Å². The van der Waals surface area contributed by atoms with Gasteiger partial charge in [0.25, 0.3) is 0 Å². The Labute approximate surface area is 110 Å². The number of pyridine rings is 1. The van der Waals surface area contributed by atoms with Crippen LogP contribution in [0.15, 0.2) is 42.5 Å². The summed E-state index contributed by atoms with van der Waals surface area (Å²) in [4.78, 5) is 4.24. The SMILES string of the molecule is O=Pc1cccc(Cc2[c-]cccc2)n1.[Ir]. The van der Waals surface area contributed by atoms with E-state index in [1.54, 1.807) is 6.07 Å². The van der Waals surface area contributed by atoms with Gasteiger partial charge < -0.3 is 0 Å². The standard InChI is InChI=1S/C12H9NOP.Ir/c14-15-12-8-4-7-11(13-12)9-10-5-2-1-3-6-10;/h1-5,7-8H,9H2;/q-1;. The normalized spacial score (nSPS) is 9.75. The van der Waals surface area contributed by atoms with Crippen molar-refractivity contribution < 1.29 is 24.7 Å². The van der Waals surface area contributed by atoms with Gasteiger partial charge >= 0.3 is 0 Å². The Morgan fingerprint density at radius 2 is 2.06 bits per heavy atom. The van der Waals surface area contributed by atoms with Crippen molar-refractivity contribution in [1.82, 2.24) is 4.98 Å². The van der Waals surface area contributed by atoms with Gasteiger partial charge in [-0.1, -0.05) is 6.07 Å². The molecule has 0 bridgehead atoms. The van der Waals surface area contributed by atoms with Crippen molar-refractivity contribution in [2.45, 2.75) is 6.42 Å². The van der Waals surface area contributed by atoms with Crippen molar-refractivity contribution in [1.29, 1.82) is 0 Å². The molecule has 0 aliphatic rings. The molecule has 83 valence electrons. The predicted octanol–water partition coefficient (Wildman–Crippen LogP) is 2.39. The van der Waals surface area contributed by atoms with Crippen LogP contribution in [0.2, 0.25) is 0 Å². The summed E-state index contributed by atoms with van der Waals surface area (Å²) in [6, 6.07) is 16.5. The fourth-order valence-electron chi connectivity index (χ4n) is 1.35. The van der Waals surface area contributed by atoms with Crippen LogP contribution in [-0.2, 0) is 31.1 Å². The summed E-state index contributed by atoms with van der Waals surface area (Å²) in [6.07, 6.45) is 0.726. The Morgan fingerprint density at radius 3 is 2.75 bits per heavy atom. The predicted molar refractivity (Wildman–Crippen MR) is 59.6 cm³/mol. The van der Waals surface area contributed by atoms with Gasteiger partial charge in [0.2, 0.25) is 8.46 Å². The molecule has 1 radical (unpaired) electrons. The van der Waals surface area contributed by atoms with Crippen LogP contribution in [0.5, 0.6) is 0 Å². The average Bonchev–Trinajstić information content (AvgIpc) is 2.31. The minimum Gasteiger partial charge on any atom is -0.268 e. The Balaban J connectivity index is 0.00000128. The Bertz CT molecular complexity index is 462. The monoisotopic (exact) mass is 407 g/mol. The Hall–Kier alpha value is -0.881. The number of hydrogen-bond acceptors (Lipinski definition) is 2. The molecule has 0 fully saturated rings. The Kier molecular flexibility index (Phi) is 5.48. The van der Waals surface area contributed by atoms with E-state index in [2.05, 4.69) is 11.1 Å².